The highest BCUT2D eigenvalue weighted by Crippen LogP contribution is 2.33. The minimum absolute atomic E-state index is 0.104. The molecule has 0 amide bonds. The molecule has 1 heterocycles. The molecular formula is C29H20O5. The van der Waals surface area contributed by atoms with Crippen LogP contribution in [0.1, 0.15) is 59.7 Å². The summed E-state index contributed by atoms with van der Waals surface area (Å²) in [4.78, 5) is 36.4. The van der Waals surface area contributed by atoms with Crippen LogP contribution in [0.2, 0.25) is 0 Å². The van der Waals surface area contributed by atoms with E-state index in [0.717, 1.165) is 33.4 Å². The fourth-order valence-electron chi connectivity index (χ4n) is 4.18. The molecule has 0 aromatic heterocycles. The van der Waals surface area contributed by atoms with Gasteiger partial charge in [-0.3, -0.25) is 4.79 Å². The highest BCUT2D eigenvalue weighted by molar-refractivity contribution is 6.11. The van der Waals surface area contributed by atoms with Crippen LogP contribution >= 0.6 is 0 Å². The molecule has 166 valence electrons. The summed E-state index contributed by atoms with van der Waals surface area (Å²) < 4.78 is 10.4. The lowest BCUT2D eigenvalue weighted by molar-refractivity contribution is 0.0716. The van der Waals surface area contributed by atoms with Gasteiger partial charge in [-0.05, 0) is 70.7 Å². The van der Waals surface area contributed by atoms with Crippen LogP contribution in [0.5, 0.6) is 5.75 Å². The van der Waals surface area contributed by atoms with E-state index in [4.69, 9.17) is 9.47 Å². The molecule has 0 spiro atoms. The molecule has 1 aliphatic heterocycles. The van der Waals surface area contributed by atoms with E-state index in [1.165, 1.54) is 6.07 Å². The normalized spacial score (nSPS) is 14.0. The fraction of sp³-hybridized carbons (Fsp3) is 0.0690. The maximum atomic E-state index is 12.6. The van der Waals surface area contributed by atoms with Crippen molar-refractivity contribution in [2.75, 3.05) is 0 Å². The Morgan fingerprint density at radius 3 is 2.29 bits per heavy atom. The van der Waals surface area contributed by atoms with E-state index in [-0.39, 0.29) is 17.1 Å². The van der Waals surface area contributed by atoms with Gasteiger partial charge in [0.05, 0.1) is 11.1 Å². The Morgan fingerprint density at radius 2 is 1.53 bits per heavy atom. The number of esters is 2. The Hall–Kier alpha value is -4.51. The van der Waals surface area contributed by atoms with Crippen LogP contribution in [0, 0.1) is 0 Å². The third-order valence-electron chi connectivity index (χ3n) is 6.03. The number of carbonyl (C=O) groups is 3. The average molecular weight is 448 g/mol. The van der Waals surface area contributed by atoms with Gasteiger partial charge in [0, 0.05) is 17.5 Å². The summed E-state index contributed by atoms with van der Waals surface area (Å²) in [5, 5.41) is 0. The van der Waals surface area contributed by atoms with E-state index >= 15 is 0 Å². The maximum Gasteiger partial charge on any atom is 0.344 e. The van der Waals surface area contributed by atoms with E-state index in [2.05, 4.69) is 19.7 Å². The van der Waals surface area contributed by atoms with Crippen LogP contribution < -0.4 is 4.74 Å². The lowest BCUT2D eigenvalue weighted by atomic mass is 9.96. The number of rotatable bonds is 5. The van der Waals surface area contributed by atoms with Crippen LogP contribution in [-0.4, -0.2) is 17.7 Å². The van der Waals surface area contributed by atoms with Gasteiger partial charge in [0.15, 0.2) is 5.78 Å². The predicted molar refractivity (Wildman–Crippen MR) is 129 cm³/mol. The van der Waals surface area contributed by atoms with Crippen LogP contribution in [0.25, 0.3) is 16.9 Å². The Morgan fingerprint density at radius 1 is 0.853 bits per heavy atom. The molecule has 5 heteroatoms. The average Bonchev–Trinajstić information content (AvgIpc) is 3.28. The van der Waals surface area contributed by atoms with Crippen molar-refractivity contribution >= 4 is 34.6 Å². The van der Waals surface area contributed by atoms with Gasteiger partial charge in [-0.15, -0.1) is 0 Å². The highest BCUT2D eigenvalue weighted by atomic mass is 16.5. The summed E-state index contributed by atoms with van der Waals surface area (Å²) in [6, 6.07) is 17.5. The SMILES string of the molecule is C=C(Cc1ccc(OC(=O)c2ccc3c(c2)C(=O)OC3=C)cc1)c1ccc2c(c1)C(=C)CC2=O. The maximum absolute atomic E-state index is 12.6. The first-order valence-corrected chi connectivity index (χ1v) is 10.7. The standard InChI is InChI=1S/C29H20O5/c1-16(20-6-11-24-25(14-20)17(2)13-27(24)30)12-19-4-8-22(9-5-19)34-28(31)21-7-10-23-18(3)33-29(32)26(23)15-21/h4-11,14-15H,1-3,12-13H2. The van der Waals surface area contributed by atoms with Crippen molar-refractivity contribution in [3.05, 3.63) is 119 Å². The molecule has 0 saturated carbocycles. The molecule has 0 unspecified atom stereocenters. The van der Waals surface area contributed by atoms with Crippen LogP contribution in [0.4, 0.5) is 0 Å². The van der Waals surface area contributed by atoms with Gasteiger partial charge in [-0.25, -0.2) is 9.59 Å². The summed E-state index contributed by atoms with van der Waals surface area (Å²) in [5.74, 6) is -0.334. The van der Waals surface area contributed by atoms with E-state index in [0.29, 0.717) is 29.7 Å². The number of benzene rings is 3. The molecule has 1 aliphatic carbocycles. The molecule has 3 aromatic carbocycles. The minimum atomic E-state index is -0.571. The number of ether oxygens (including phenoxy) is 2. The second-order valence-electron chi connectivity index (χ2n) is 8.35. The van der Waals surface area contributed by atoms with Crippen molar-refractivity contribution in [1.82, 2.24) is 0 Å². The van der Waals surface area contributed by atoms with Crippen LogP contribution in [0.15, 0.2) is 80.4 Å². The van der Waals surface area contributed by atoms with Crippen molar-refractivity contribution in [3.8, 4) is 5.75 Å². The number of fused-ring (bicyclic) bond motifs is 2. The summed E-state index contributed by atoms with van der Waals surface area (Å²) in [6.45, 7) is 11.9. The number of carbonyl (C=O) groups excluding carboxylic acids is 3. The minimum Gasteiger partial charge on any atom is -0.423 e. The lowest BCUT2D eigenvalue weighted by Gasteiger charge is -2.10. The number of hydrogen-bond acceptors (Lipinski definition) is 5. The summed E-state index contributed by atoms with van der Waals surface area (Å²) >= 11 is 0. The number of Topliss-reactive ketones (excluding diaryl/α,β-unsaturated/α-hetero) is 1. The van der Waals surface area contributed by atoms with Crippen molar-refractivity contribution < 1.29 is 23.9 Å². The number of allylic oxidation sites excluding steroid dienone is 2. The molecule has 0 N–H and O–H groups in total. The van der Waals surface area contributed by atoms with Gasteiger partial charge in [-0.1, -0.05) is 44.0 Å². The molecule has 0 bridgehead atoms. The molecular weight excluding hydrogens is 428 g/mol. The van der Waals surface area contributed by atoms with Gasteiger partial charge in [-0.2, -0.15) is 0 Å². The molecule has 5 rings (SSSR count). The first-order chi connectivity index (χ1) is 16.3. The zero-order valence-corrected chi connectivity index (χ0v) is 18.4. The number of cyclic esters (lactones) is 1. The van der Waals surface area contributed by atoms with Gasteiger partial charge in [0.1, 0.15) is 11.5 Å². The van der Waals surface area contributed by atoms with E-state index in [1.807, 2.05) is 30.3 Å². The first-order valence-electron chi connectivity index (χ1n) is 10.7. The number of ketones is 1. The van der Waals surface area contributed by atoms with Gasteiger partial charge < -0.3 is 9.47 Å². The third-order valence-corrected chi connectivity index (χ3v) is 6.03. The monoisotopic (exact) mass is 448 g/mol. The molecule has 0 radical (unpaired) electrons. The zero-order valence-electron chi connectivity index (χ0n) is 18.4. The van der Waals surface area contributed by atoms with Crippen molar-refractivity contribution in [3.63, 3.8) is 0 Å². The molecule has 34 heavy (non-hydrogen) atoms. The molecule has 5 nitrogen and oxygen atoms in total. The zero-order chi connectivity index (χ0) is 24.0. The van der Waals surface area contributed by atoms with Crippen LogP contribution in [0.3, 0.4) is 0 Å². The van der Waals surface area contributed by atoms with Crippen molar-refractivity contribution in [2.45, 2.75) is 12.8 Å². The van der Waals surface area contributed by atoms with Crippen LogP contribution in [-0.2, 0) is 11.2 Å². The Bertz CT molecular complexity index is 1330. The largest absolute Gasteiger partial charge is 0.423 e. The summed E-state index contributed by atoms with van der Waals surface area (Å²) in [6.07, 6.45) is 0.973. The first kappa shape index (κ1) is 21.3. The third kappa shape index (κ3) is 3.77. The quantitative estimate of drug-likeness (QED) is 0.359. The molecule has 2 aliphatic rings. The number of hydrogen-bond donors (Lipinski definition) is 0. The second kappa shape index (κ2) is 8.12. The van der Waals surface area contributed by atoms with Crippen molar-refractivity contribution in [2.24, 2.45) is 0 Å². The van der Waals surface area contributed by atoms with Crippen molar-refractivity contribution in [1.29, 1.82) is 0 Å². The molecule has 0 fully saturated rings. The van der Waals surface area contributed by atoms with E-state index in [9.17, 15) is 14.4 Å². The highest BCUT2D eigenvalue weighted by Gasteiger charge is 2.26. The molecule has 0 saturated heterocycles. The molecule has 0 atom stereocenters. The van der Waals surface area contributed by atoms with E-state index in [1.54, 1.807) is 24.3 Å². The second-order valence-corrected chi connectivity index (χ2v) is 8.35. The smallest absolute Gasteiger partial charge is 0.344 e. The van der Waals surface area contributed by atoms with E-state index < -0.39 is 11.9 Å². The van der Waals surface area contributed by atoms with Gasteiger partial charge in [0.25, 0.3) is 0 Å². The Labute approximate surface area is 196 Å². The summed E-state index contributed by atoms with van der Waals surface area (Å²) in [7, 11) is 0. The molecule has 3 aromatic rings. The fourth-order valence-corrected chi connectivity index (χ4v) is 4.18. The predicted octanol–water partition coefficient (Wildman–Crippen LogP) is 5.90. The Kier molecular flexibility index (Phi) is 5.10. The van der Waals surface area contributed by atoms with Gasteiger partial charge in [0.2, 0.25) is 0 Å². The summed E-state index contributed by atoms with van der Waals surface area (Å²) in [5.41, 5.74) is 6.45. The lowest BCUT2D eigenvalue weighted by Crippen LogP contribution is -2.09. The van der Waals surface area contributed by atoms with Gasteiger partial charge >= 0.3 is 11.9 Å². The Balaban J connectivity index is 1.26. The topological polar surface area (TPSA) is 69.7 Å².